The zero-order valence-corrected chi connectivity index (χ0v) is 10.0. The van der Waals surface area contributed by atoms with Gasteiger partial charge in [-0.1, -0.05) is 11.6 Å². The van der Waals surface area contributed by atoms with Crippen molar-refractivity contribution in [3.63, 3.8) is 0 Å². The van der Waals surface area contributed by atoms with E-state index < -0.39 is 0 Å². The molecule has 0 saturated carbocycles. The molecule has 1 unspecified atom stereocenters. The monoisotopic (exact) mass is 215 g/mol. The zero-order chi connectivity index (χ0) is 10.2. The summed E-state index contributed by atoms with van der Waals surface area (Å²) in [7, 11) is 1.74. The lowest BCUT2D eigenvalue weighted by Gasteiger charge is -2.07. The van der Waals surface area contributed by atoms with Gasteiger partial charge in [-0.3, -0.25) is 0 Å². The molecule has 0 bridgehead atoms. The van der Waals surface area contributed by atoms with E-state index in [1.165, 1.54) is 23.5 Å². The lowest BCUT2D eigenvalue weighted by molar-refractivity contribution is 0.200. The van der Waals surface area contributed by atoms with Crippen LogP contribution in [0.3, 0.4) is 0 Å². The first kappa shape index (κ1) is 12.1. The van der Waals surface area contributed by atoms with Gasteiger partial charge >= 0.3 is 0 Å². The van der Waals surface area contributed by atoms with Gasteiger partial charge in [-0.05, 0) is 30.8 Å². The molecule has 82 valence electrons. The number of ether oxygens (including phenoxy) is 1. The van der Waals surface area contributed by atoms with Gasteiger partial charge in [0.2, 0.25) is 0 Å². The number of methoxy groups -OCH3 is 1. The summed E-state index contributed by atoms with van der Waals surface area (Å²) in [5, 5.41) is 3.36. The minimum Gasteiger partial charge on any atom is -0.383 e. The molecule has 0 amide bonds. The molecule has 1 aliphatic heterocycles. The maximum atomic E-state index is 4.97. The number of hydrogen-bond donors (Lipinski definition) is 1. The molecule has 1 N–H and O–H groups in total. The summed E-state index contributed by atoms with van der Waals surface area (Å²) in [6.45, 7) is 4.96. The molecule has 1 aliphatic rings. The number of thioether (sulfide) groups is 1. The van der Waals surface area contributed by atoms with Crippen LogP contribution in [-0.2, 0) is 4.74 Å². The van der Waals surface area contributed by atoms with Crippen LogP contribution in [0.2, 0.25) is 0 Å². The van der Waals surface area contributed by atoms with Gasteiger partial charge in [0.15, 0.2) is 0 Å². The van der Waals surface area contributed by atoms with E-state index in [4.69, 9.17) is 4.74 Å². The van der Waals surface area contributed by atoms with E-state index in [0.29, 0.717) is 0 Å². The van der Waals surface area contributed by atoms with E-state index >= 15 is 0 Å². The first-order valence-electron chi connectivity index (χ1n) is 5.27. The van der Waals surface area contributed by atoms with Gasteiger partial charge in [0.05, 0.1) is 6.61 Å². The molecule has 0 spiro atoms. The summed E-state index contributed by atoms with van der Waals surface area (Å²) in [6.07, 6.45) is 3.79. The van der Waals surface area contributed by atoms with Gasteiger partial charge in [-0.25, -0.2) is 0 Å². The van der Waals surface area contributed by atoms with Crippen LogP contribution in [0.1, 0.15) is 13.3 Å². The molecule has 1 atom stereocenters. The van der Waals surface area contributed by atoms with Crippen LogP contribution in [0, 0.1) is 5.92 Å². The third-order valence-corrected chi connectivity index (χ3v) is 3.56. The Balaban J connectivity index is 2.09. The maximum Gasteiger partial charge on any atom is 0.0587 e. The second-order valence-corrected chi connectivity index (χ2v) is 4.96. The van der Waals surface area contributed by atoms with Gasteiger partial charge in [-0.15, -0.1) is 0 Å². The molecule has 3 heteroatoms. The summed E-state index contributed by atoms with van der Waals surface area (Å²) in [5.74, 6) is 3.48. The Morgan fingerprint density at radius 1 is 1.64 bits per heavy atom. The standard InChI is InChI=1S/C11H21NOS/c1-10(8-12-4-5-13-2)7-11-3-6-14-9-11/h7,11-12H,3-6,8-9H2,1-2H3. The topological polar surface area (TPSA) is 21.3 Å². The molecule has 0 radical (unpaired) electrons. The molecule has 1 heterocycles. The van der Waals surface area contributed by atoms with Crippen molar-refractivity contribution in [1.29, 1.82) is 0 Å². The number of allylic oxidation sites excluding steroid dienone is 1. The molecular weight excluding hydrogens is 194 g/mol. The lowest BCUT2D eigenvalue weighted by atomic mass is 10.1. The Labute approximate surface area is 91.5 Å². The van der Waals surface area contributed by atoms with Crippen LogP contribution in [0.5, 0.6) is 0 Å². The predicted molar refractivity (Wildman–Crippen MR) is 63.9 cm³/mol. The Bertz CT molecular complexity index is 176. The van der Waals surface area contributed by atoms with Crippen molar-refractivity contribution < 1.29 is 4.74 Å². The quantitative estimate of drug-likeness (QED) is 0.540. The summed E-state index contributed by atoms with van der Waals surface area (Å²) in [4.78, 5) is 0. The maximum absolute atomic E-state index is 4.97. The van der Waals surface area contributed by atoms with E-state index in [1.54, 1.807) is 7.11 Å². The first-order valence-corrected chi connectivity index (χ1v) is 6.43. The molecule has 1 rings (SSSR count). The average Bonchev–Trinajstić information content (AvgIpc) is 2.65. The third kappa shape index (κ3) is 5.03. The van der Waals surface area contributed by atoms with Gasteiger partial charge in [0.25, 0.3) is 0 Å². The van der Waals surface area contributed by atoms with Crippen molar-refractivity contribution >= 4 is 11.8 Å². The highest BCUT2D eigenvalue weighted by molar-refractivity contribution is 7.99. The average molecular weight is 215 g/mol. The summed E-state index contributed by atoms with van der Waals surface area (Å²) in [5.41, 5.74) is 1.47. The predicted octanol–water partition coefficient (Wildman–Crippen LogP) is 1.92. The van der Waals surface area contributed by atoms with Crippen LogP contribution in [-0.4, -0.2) is 38.3 Å². The fourth-order valence-electron chi connectivity index (χ4n) is 1.61. The molecule has 0 aromatic rings. The number of nitrogens with one attached hydrogen (secondary N) is 1. The smallest absolute Gasteiger partial charge is 0.0587 e. The molecule has 0 aromatic carbocycles. The molecule has 2 nitrogen and oxygen atoms in total. The first-order chi connectivity index (χ1) is 6.83. The molecule has 14 heavy (non-hydrogen) atoms. The molecular formula is C11H21NOS. The van der Waals surface area contributed by atoms with Crippen molar-refractivity contribution in [3.05, 3.63) is 11.6 Å². The molecule has 0 aliphatic carbocycles. The molecule has 0 aromatic heterocycles. The van der Waals surface area contributed by atoms with E-state index in [2.05, 4.69) is 30.1 Å². The van der Waals surface area contributed by atoms with Crippen LogP contribution >= 0.6 is 11.8 Å². The Morgan fingerprint density at radius 2 is 2.50 bits per heavy atom. The van der Waals surface area contributed by atoms with E-state index in [0.717, 1.165) is 25.6 Å². The third-order valence-electron chi connectivity index (χ3n) is 2.37. The molecule has 1 saturated heterocycles. The highest BCUT2D eigenvalue weighted by atomic mass is 32.2. The minimum absolute atomic E-state index is 0.798. The van der Waals surface area contributed by atoms with Crippen LogP contribution < -0.4 is 5.32 Å². The number of rotatable bonds is 6. The highest BCUT2D eigenvalue weighted by Gasteiger charge is 2.12. The fourth-order valence-corrected chi connectivity index (χ4v) is 2.81. The van der Waals surface area contributed by atoms with Gasteiger partial charge in [-0.2, -0.15) is 11.8 Å². The highest BCUT2D eigenvalue weighted by Crippen LogP contribution is 2.25. The summed E-state index contributed by atoms with van der Waals surface area (Å²) in [6, 6.07) is 0. The second-order valence-electron chi connectivity index (χ2n) is 3.81. The Morgan fingerprint density at radius 3 is 3.14 bits per heavy atom. The van der Waals surface area contributed by atoms with Crippen LogP contribution in [0.25, 0.3) is 0 Å². The summed E-state index contributed by atoms with van der Waals surface area (Å²) >= 11 is 2.07. The van der Waals surface area contributed by atoms with E-state index in [1.807, 2.05) is 0 Å². The van der Waals surface area contributed by atoms with Gasteiger partial charge in [0, 0.05) is 20.2 Å². The number of hydrogen-bond acceptors (Lipinski definition) is 3. The van der Waals surface area contributed by atoms with Crippen molar-refractivity contribution in [1.82, 2.24) is 5.32 Å². The summed E-state index contributed by atoms with van der Waals surface area (Å²) < 4.78 is 4.97. The normalized spacial score (nSPS) is 23.0. The zero-order valence-electron chi connectivity index (χ0n) is 9.21. The Hall–Kier alpha value is 0.01000. The van der Waals surface area contributed by atoms with Gasteiger partial charge in [0.1, 0.15) is 0 Å². The van der Waals surface area contributed by atoms with Crippen molar-refractivity contribution in [2.75, 3.05) is 38.3 Å². The fraction of sp³-hybridized carbons (Fsp3) is 0.818. The van der Waals surface area contributed by atoms with Crippen LogP contribution in [0.4, 0.5) is 0 Å². The van der Waals surface area contributed by atoms with E-state index in [-0.39, 0.29) is 0 Å². The minimum atomic E-state index is 0.798. The van der Waals surface area contributed by atoms with E-state index in [9.17, 15) is 0 Å². The largest absolute Gasteiger partial charge is 0.383 e. The van der Waals surface area contributed by atoms with Crippen LogP contribution in [0.15, 0.2) is 11.6 Å². The Kier molecular flexibility index (Phi) is 6.32. The molecule has 1 fully saturated rings. The lowest BCUT2D eigenvalue weighted by Crippen LogP contribution is -2.21. The van der Waals surface area contributed by atoms with Crippen molar-refractivity contribution in [3.8, 4) is 0 Å². The van der Waals surface area contributed by atoms with Gasteiger partial charge < -0.3 is 10.1 Å². The van der Waals surface area contributed by atoms with Crippen molar-refractivity contribution in [2.45, 2.75) is 13.3 Å². The second kappa shape index (κ2) is 7.32. The van der Waals surface area contributed by atoms with Crippen molar-refractivity contribution in [2.24, 2.45) is 5.92 Å². The SMILES string of the molecule is COCCNCC(C)=CC1CCSC1.